The Morgan fingerprint density at radius 1 is 1.25 bits per heavy atom. The lowest BCUT2D eigenvalue weighted by Crippen LogP contribution is -2.48. The number of hydrogen-bond donors (Lipinski definition) is 1. The first kappa shape index (κ1) is 15.1. The second-order valence-corrected chi connectivity index (χ2v) is 5.41. The van der Waals surface area contributed by atoms with Crippen LogP contribution < -0.4 is 0 Å². The number of carboxylic acid groups (broad SMARTS) is 1. The van der Waals surface area contributed by atoms with Gasteiger partial charge < -0.3 is 10.0 Å². The van der Waals surface area contributed by atoms with E-state index in [4.69, 9.17) is 28.3 Å². The van der Waals surface area contributed by atoms with Gasteiger partial charge in [-0.25, -0.2) is 9.18 Å². The number of hydrogen-bond acceptors (Lipinski definition) is 2. The number of carbonyl (C=O) groups excluding carboxylic acids is 1. The number of halogens is 3. The minimum Gasteiger partial charge on any atom is -0.480 e. The molecule has 1 amide bonds. The molecule has 1 aliphatic heterocycles. The Bertz CT molecular complexity index is 565. The van der Waals surface area contributed by atoms with Gasteiger partial charge in [0.15, 0.2) is 0 Å². The molecule has 0 unspecified atom stereocenters. The summed E-state index contributed by atoms with van der Waals surface area (Å²) in [4.78, 5) is 24.8. The van der Waals surface area contributed by atoms with E-state index >= 15 is 0 Å². The SMILES string of the molecule is O=C(O)[C@H]1CCCCN1C(=O)c1cc(F)c(Cl)cc1Cl. The van der Waals surface area contributed by atoms with E-state index in [1.54, 1.807) is 0 Å². The number of piperidine rings is 1. The van der Waals surface area contributed by atoms with Crippen molar-refractivity contribution in [2.75, 3.05) is 6.54 Å². The normalized spacial score (nSPS) is 18.9. The Hall–Kier alpha value is -1.33. The van der Waals surface area contributed by atoms with Gasteiger partial charge in [0, 0.05) is 6.54 Å². The zero-order valence-electron chi connectivity index (χ0n) is 10.4. The van der Waals surface area contributed by atoms with Crippen LogP contribution in [0.25, 0.3) is 0 Å². The molecule has 7 heteroatoms. The van der Waals surface area contributed by atoms with Crippen molar-refractivity contribution in [2.24, 2.45) is 0 Å². The predicted molar refractivity (Wildman–Crippen MR) is 72.7 cm³/mol. The molecule has 4 nitrogen and oxygen atoms in total. The zero-order chi connectivity index (χ0) is 14.9. The van der Waals surface area contributed by atoms with Gasteiger partial charge in [-0.15, -0.1) is 0 Å². The number of nitrogens with zero attached hydrogens (tertiary/aromatic N) is 1. The Labute approximate surface area is 125 Å². The maximum atomic E-state index is 13.5. The van der Waals surface area contributed by atoms with Crippen LogP contribution in [0.4, 0.5) is 4.39 Å². The van der Waals surface area contributed by atoms with E-state index in [1.807, 2.05) is 0 Å². The summed E-state index contributed by atoms with van der Waals surface area (Å²) in [6, 6.07) is 1.19. The standard InChI is InChI=1S/C13H12Cl2FNO3/c14-8-6-9(15)10(16)5-7(8)12(18)17-4-2-1-3-11(17)13(19)20/h5-6,11H,1-4H2,(H,19,20)/t11-/m1/s1. The molecule has 0 aromatic heterocycles. The summed E-state index contributed by atoms with van der Waals surface area (Å²) < 4.78 is 13.5. The molecular formula is C13H12Cl2FNO3. The molecule has 1 fully saturated rings. The van der Waals surface area contributed by atoms with Crippen molar-refractivity contribution in [3.05, 3.63) is 33.6 Å². The zero-order valence-corrected chi connectivity index (χ0v) is 11.9. The quantitative estimate of drug-likeness (QED) is 0.851. The lowest BCUT2D eigenvalue weighted by atomic mass is 10.0. The number of likely N-dealkylation sites (tertiary alicyclic amines) is 1. The Morgan fingerprint density at radius 3 is 2.60 bits per heavy atom. The van der Waals surface area contributed by atoms with Crippen molar-refractivity contribution < 1.29 is 19.1 Å². The van der Waals surface area contributed by atoms with E-state index < -0.39 is 23.7 Å². The third-order valence-electron chi connectivity index (χ3n) is 3.29. The molecule has 0 aliphatic carbocycles. The van der Waals surface area contributed by atoms with Gasteiger partial charge in [0.05, 0.1) is 15.6 Å². The Morgan fingerprint density at radius 2 is 1.95 bits per heavy atom. The molecule has 1 aliphatic rings. The van der Waals surface area contributed by atoms with E-state index in [9.17, 15) is 14.0 Å². The molecule has 1 saturated heterocycles. The highest BCUT2D eigenvalue weighted by Gasteiger charge is 2.33. The number of benzene rings is 1. The van der Waals surface area contributed by atoms with Crippen molar-refractivity contribution in [1.82, 2.24) is 4.90 Å². The lowest BCUT2D eigenvalue weighted by molar-refractivity contribution is -0.143. The molecule has 0 radical (unpaired) electrons. The van der Waals surface area contributed by atoms with Crippen molar-refractivity contribution in [3.8, 4) is 0 Å². The van der Waals surface area contributed by atoms with Gasteiger partial charge in [-0.1, -0.05) is 23.2 Å². The Kier molecular flexibility index (Phi) is 4.50. The van der Waals surface area contributed by atoms with E-state index in [0.29, 0.717) is 19.4 Å². The smallest absolute Gasteiger partial charge is 0.326 e. The lowest BCUT2D eigenvalue weighted by Gasteiger charge is -2.33. The summed E-state index contributed by atoms with van der Waals surface area (Å²) in [6.07, 6.45) is 1.83. The summed E-state index contributed by atoms with van der Waals surface area (Å²) >= 11 is 11.5. The van der Waals surface area contributed by atoms with Crippen molar-refractivity contribution in [3.63, 3.8) is 0 Å². The summed E-state index contributed by atoms with van der Waals surface area (Å²) in [6.45, 7) is 0.316. The second kappa shape index (κ2) is 5.97. The van der Waals surface area contributed by atoms with Crippen LogP contribution >= 0.6 is 23.2 Å². The molecule has 2 rings (SSSR count). The van der Waals surface area contributed by atoms with Crippen LogP contribution in [0.3, 0.4) is 0 Å². The minimum atomic E-state index is -1.07. The fraction of sp³-hybridized carbons (Fsp3) is 0.385. The Balaban J connectivity index is 2.34. The molecular weight excluding hydrogens is 308 g/mol. The van der Waals surface area contributed by atoms with E-state index in [1.165, 1.54) is 4.90 Å². The van der Waals surface area contributed by atoms with Gasteiger partial charge >= 0.3 is 5.97 Å². The maximum absolute atomic E-state index is 13.5. The van der Waals surface area contributed by atoms with Gasteiger partial charge in [-0.05, 0) is 31.4 Å². The van der Waals surface area contributed by atoms with Gasteiger partial charge in [0.2, 0.25) is 0 Å². The maximum Gasteiger partial charge on any atom is 0.326 e. The van der Waals surface area contributed by atoms with Crippen LogP contribution in [0.5, 0.6) is 0 Å². The van der Waals surface area contributed by atoms with Crippen molar-refractivity contribution in [1.29, 1.82) is 0 Å². The average molecular weight is 320 g/mol. The van der Waals surface area contributed by atoms with Crippen molar-refractivity contribution in [2.45, 2.75) is 25.3 Å². The molecule has 0 saturated carbocycles. The molecule has 1 N–H and O–H groups in total. The van der Waals surface area contributed by atoms with Crippen LogP contribution in [0, 0.1) is 5.82 Å². The fourth-order valence-electron chi connectivity index (χ4n) is 2.27. The fourth-order valence-corrected chi connectivity index (χ4v) is 2.74. The first-order chi connectivity index (χ1) is 9.41. The molecule has 1 aromatic carbocycles. The number of carbonyl (C=O) groups is 2. The van der Waals surface area contributed by atoms with Crippen LogP contribution in [0.1, 0.15) is 29.6 Å². The van der Waals surface area contributed by atoms with Crippen LogP contribution in [0.15, 0.2) is 12.1 Å². The predicted octanol–water partition coefficient (Wildman–Crippen LogP) is 3.21. The van der Waals surface area contributed by atoms with E-state index in [-0.39, 0.29) is 15.6 Å². The largest absolute Gasteiger partial charge is 0.480 e. The van der Waals surface area contributed by atoms with Crippen LogP contribution in [0.2, 0.25) is 10.0 Å². The first-order valence-corrected chi connectivity index (χ1v) is 6.85. The first-order valence-electron chi connectivity index (χ1n) is 6.10. The molecule has 108 valence electrons. The van der Waals surface area contributed by atoms with Crippen LogP contribution in [-0.2, 0) is 4.79 Å². The van der Waals surface area contributed by atoms with Gasteiger partial charge in [0.25, 0.3) is 5.91 Å². The van der Waals surface area contributed by atoms with Gasteiger partial charge in [0.1, 0.15) is 11.9 Å². The van der Waals surface area contributed by atoms with Gasteiger partial charge in [-0.2, -0.15) is 0 Å². The molecule has 1 atom stereocenters. The molecule has 0 spiro atoms. The molecule has 1 aromatic rings. The summed E-state index contributed by atoms with van der Waals surface area (Å²) in [5.74, 6) is -2.41. The molecule has 20 heavy (non-hydrogen) atoms. The number of amides is 1. The summed E-state index contributed by atoms with van der Waals surface area (Å²) in [7, 11) is 0. The number of carboxylic acids is 1. The second-order valence-electron chi connectivity index (χ2n) is 4.59. The van der Waals surface area contributed by atoms with Gasteiger partial charge in [-0.3, -0.25) is 4.79 Å². The van der Waals surface area contributed by atoms with E-state index in [0.717, 1.165) is 18.6 Å². The molecule has 0 bridgehead atoms. The monoisotopic (exact) mass is 319 g/mol. The highest BCUT2D eigenvalue weighted by molar-refractivity contribution is 6.36. The topological polar surface area (TPSA) is 57.6 Å². The summed E-state index contributed by atoms with van der Waals surface area (Å²) in [5, 5.41) is 8.98. The summed E-state index contributed by atoms with van der Waals surface area (Å²) in [5.41, 5.74) is -0.0679. The number of rotatable bonds is 2. The number of aliphatic carboxylic acids is 1. The van der Waals surface area contributed by atoms with Crippen LogP contribution in [-0.4, -0.2) is 34.5 Å². The highest BCUT2D eigenvalue weighted by Crippen LogP contribution is 2.27. The highest BCUT2D eigenvalue weighted by atomic mass is 35.5. The van der Waals surface area contributed by atoms with E-state index in [2.05, 4.69) is 0 Å². The third kappa shape index (κ3) is 2.88. The third-order valence-corrected chi connectivity index (χ3v) is 3.89. The average Bonchev–Trinajstić information content (AvgIpc) is 2.42. The minimum absolute atomic E-state index is 0.0103. The molecule has 1 heterocycles. The van der Waals surface area contributed by atoms with Crippen molar-refractivity contribution >= 4 is 35.1 Å².